The van der Waals surface area contributed by atoms with Gasteiger partial charge in [0.25, 0.3) is 0 Å². The summed E-state index contributed by atoms with van der Waals surface area (Å²) in [7, 11) is 5.90. The predicted molar refractivity (Wildman–Crippen MR) is 129 cm³/mol. The van der Waals surface area contributed by atoms with E-state index in [1.165, 1.54) is 28.4 Å². The number of amidine groups is 1. The highest BCUT2D eigenvalue weighted by Gasteiger charge is 2.18. The number of carbonyl (C=O) groups is 2. The maximum absolute atomic E-state index is 13.1. The first kappa shape index (κ1) is 26.2. The van der Waals surface area contributed by atoms with E-state index in [1.54, 1.807) is 43.3 Å². The molecule has 2 aromatic carbocycles. The number of allylic oxidation sites excluding steroid dienone is 1. The lowest BCUT2D eigenvalue weighted by Gasteiger charge is -2.15. The minimum Gasteiger partial charge on any atom is -0.495 e. The van der Waals surface area contributed by atoms with Crippen LogP contribution in [0.15, 0.2) is 35.9 Å². The fourth-order valence-corrected chi connectivity index (χ4v) is 3.19. The molecular formula is C24H29N3O7. The van der Waals surface area contributed by atoms with E-state index < -0.39 is 12.0 Å². The molecule has 2 aromatic rings. The molecule has 0 heterocycles. The normalized spacial score (nSPS) is 11.9. The maximum Gasteiger partial charge on any atom is 0.320 e. The molecule has 1 unspecified atom stereocenters. The van der Waals surface area contributed by atoms with Crippen LogP contribution in [0.5, 0.6) is 23.0 Å². The molecule has 5 N–H and O–H groups in total. The van der Waals surface area contributed by atoms with E-state index >= 15 is 0 Å². The molecule has 10 heteroatoms. The fourth-order valence-electron chi connectivity index (χ4n) is 3.19. The predicted octanol–water partition coefficient (Wildman–Crippen LogP) is 3.20. The number of carboxylic acid groups (broad SMARTS) is 1. The summed E-state index contributed by atoms with van der Waals surface area (Å²) in [5.41, 5.74) is 7.40. The van der Waals surface area contributed by atoms with Crippen molar-refractivity contribution in [3.63, 3.8) is 0 Å². The van der Waals surface area contributed by atoms with Crippen molar-refractivity contribution >= 4 is 29.4 Å². The van der Waals surface area contributed by atoms with E-state index in [4.69, 9.17) is 35.2 Å². The Morgan fingerprint density at radius 2 is 1.62 bits per heavy atom. The Kier molecular flexibility index (Phi) is 9.02. The molecule has 182 valence electrons. The molecule has 0 aliphatic heterocycles. The van der Waals surface area contributed by atoms with Gasteiger partial charge >= 0.3 is 5.97 Å². The molecule has 0 radical (unpaired) electrons. The number of rotatable bonds is 11. The molecule has 0 saturated carbocycles. The number of carboxylic acids is 1. The van der Waals surface area contributed by atoms with Crippen LogP contribution in [0.25, 0.3) is 6.08 Å². The minimum absolute atomic E-state index is 0.0837. The van der Waals surface area contributed by atoms with E-state index in [2.05, 4.69) is 5.32 Å². The second-order valence-corrected chi connectivity index (χ2v) is 7.28. The van der Waals surface area contributed by atoms with Gasteiger partial charge in [0.15, 0.2) is 17.3 Å². The van der Waals surface area contributed by atoms with E-state index in [0.717, 1.165) is 0 Å². The number of methoxy groups -OCH3 is 4. The van der Waals surface area contributed by atoms with Crippen LogP contribution in [0.2, 0.25) is 0 Å². The zero-order valence-corrected chi connectivity index (χ0v) is 19.7. The number of nitrogens with two attached hydrogens (primary N) is 1. The fraction of sp³-hybridized carbons (Fsp3) is 0.292. The minimum atomic E-state index is -1.20. The number of benzene rings is 2. The van der Waals surface area contributed by atoms with Crippen molar-refractivity contribution in [2.75, 3.05) is 33.8 Å². The number of ketones is 1. The second kappa shape index (κ2) is 11.7. The van der Waals surface area contributed by atoms with Gasteiger partial charge in [0.05, 0.1) is 40.0 Å². The third-order valence-corrected chi connectivity index (χ3v) is 4.92. The summed E-state index contributed by atoms with van der Waals surface area (Å²) < 4.78 is 21.3. The van der Waals surface area contributed by atoms with Gasteiger partial charge in [-0.2, -0.15) is 0 Å². The number of carbonyl (C=O) groups excluding carboxylic acids is 1. The van der Waals surface area contributed by atoms with E-state index in [9.17, 15) is 9.59 Å². The van der Waals surface area contributed by atoms with Crippen LogP contribution >= 0.6 is 0 Å². The largest absolute Gasteiger partial charge is 0.495 e. The number of anilines is 1. The highest BCUT2D eigenvalue weighted by Crippen LogP contribution is 2.38. The molecule has 0 aliphatic rings. The number of hydrogen-bond donors (Lipinski definition) is 4. The van der Waals surface area contributed by atoms with Crippen LogP contribution in [0.1, 0.15) is 29.3 Å². The Bertz CT molecular complexity index is 1090. The van der Waals surface area contributed by atoms with Gasteiger partial charge in [0.2, 0.25) is 5.75 Å². The Labute approximate surface area is 197 Å². The third kappa shape index (κ3) is 6.26. The molecule has 0 fully saturated rings. The summed E-state index contributed by atoms with van der Waals surface area (Å²) in [5.74, 6) is 0.0398. The molecule has 0 saturated heterocycles. The summed E-state index contributed by atoms with van der Waals surface area (Å²) in [4.78, 5) is 24.0. The van der Waals surface area contributed by atoms with Crippen molar-refractivity contribution in [2.24, 2.45) is 5.73 Å². The van der Waals surface area contributed by atoms with Crippen LogP contribution in [-0.2, 0) is 4.79 Å². The quantitative estimate of drug-likeness (QED) is 0.167. The number of nitrogens with one attached hydrogen (secondary N) is 2. The Morgan fingerprint density at radius 3 is 2.12 bits per heavy atom. The summed E-state index contributed by atoms with van der Waals surface area (Å²) >= 11 is 0. The first-order chi connectivity index (χ1) is 16.1. The standard InChI is InChI=1S/C24H29N3O7/c1-13(22(28)15-10-19(32-3)23(34-5)20(11-15)33-4)8-14-6-7-18(31-2)17(9-14)27-21(26)12-16(25)24(29)30/h6-11,16H,12,25H2,1-5H3,(H2,26,27)(H,29,30). The van der Waals surface area contributed by atoms with Crippen LogP contribution in [0, 0.1) is 5.41 Å². The number of ether oxygens (including phenoxy) is 4. The van der Waals surface area contributed by atoms with E-state index in [-0.39, 0.29) is 18.0 Å². The van der Waals surface area contributed by atoms with Crippen molar-refractivity contribution < 1.29 is 33.6 Å². The molecule has 34 heavy (non-hydrogen) atoms. The molecule has 0 amide bonds. The molecular weight excluding hydrogens is 442 g/mol. The third-order valence-electron chi connectivity index (χ3n) is 4.92. The zero-order chi connectivity index (χ0) is 25.4. The van der Waals surface area contributed by atoms with Crippen LogP contribution < -0.4 is 30.0 Å². The number of hydrogen-bond acceptors (Lipinski definition) is 8. The van der Waals surface area contributed by atoms with Crippen LogP contribution in [0.4, 0.5) is 5.69 Å². The number of Topliss-reactive ketones (excluding diaryl/α,β-unsaturated/α-hetero) is 1. The molecule has 0 bridgehead atoms. The van der Waals surface area contributed by atoms with Crippen molar-refractivity contribution in [1.29, 1.82) is 5.41 Å². The Morgan fingerprint density at radius 1 is 1.03 bits per heavy atom. The van der Waals surface area contributed by atoms with Crippen LogP contribution in [-0.4, -0.2) is 57.2 Å². The number of aliphatic carboxylic acids is 1. The van der Waals surface area contributed by atoms with Crippen molar-refractivity contribution in [3.8, 4) is 23.0 Å². The highest BCUT2D eigenvalue weighted by atomic mass is 16.5. The SMILES string of the molecule is COc1ccc(C=C(C)C(=O)c2cc(OC)c(OC)c(OC)c2)cc1NC(=N)CC(N)C(=O)O. The average Bonchev–Trinajstić information content (AvgIpc) is 2.82. The van der Waals surface area contributed by atoms with Crippen molar-refractivity contribution in [1.82, 2.24) is 0 Å². The monoisotopic (exact) mass is 471 g/mol. The molecule has 0 aromatic heterocycles. The molecule has 10 nitrogen and oxygen atoms in total. The van der Waals surface area contributed by atoms with Gasteiger partial charge in [-0.25, -0.2) is 0 Å². The summed E-state index contributed by atoms with van der Waals surface area (Å²) in [6.45, 7) is 1.68. The molecule has 1 atom stereocenters. The Balaban J connectivity index is 2.34. The zero-order valence-electron chi connectivity index (χ0n) is 19.7. The summed E-state index contributed by atoms with van der Waals surface area (Å²) in [6.07, 6.45) is 1.50. The van der Waals surface area contributed by atoms with Gasteiger partial charge in [0, 0.05) is 12.0 Å². The molecule has 2 rings (SSSR count). The van der Waals surface area contributed by atoms with Gasteiger partial charge in [0.1, 0.15) is 11.8 Å². The maximum atomic E-state index is 13.1. The van der Waals surface area contributed by atoms with Crippen molar-refractivity contribution in [3.05, 3.63) is 47.0 Å². The lowest BCUT2D eigenvalue weighted by Crippen LogP contribution is -2.34. The van der Waals surface area contributed by atoms with Crippen molar-refractivity contribution in [2.45, 2.75) is 19.4 Å². The van der Waals surface area contributed by atoms with E-state index in [1.807, 2.05) is 0 Å². The molecule has 0 spiro atoms. The van der Waals surface area contributed by atoms with Gasteiger partial charge < -0.3 is 35.1 Å². The lowest BCUT2D eigenvalue weighted by atomic mass is 10.0. The van der Waals surface area contributed by atoms with Gasteiger partial charge in [-0.3, -0.25) is 15.0 Å². The average molecular weight is 472 g/mol. The first-order valence-electron chi connectivity index (χ1n) is 10.2. The van der Waals surface area contributed by atoms with Gasteiger partial charge in [-0.15, -0.1) is 0 Å². The smallest absolute Gasteiger partial charge is 0.320 e. The highest BCUT2D eigenvalue weighted by molar-refractivity contribution is 6.11. The second-order valence-electron chi connectivity index (χ2n) is 7.28. The van der Waals surface area contributed by atoms with E-state index in [0.29, 0.717) is 45.4 Å². The van der Waals surface area contributed by atoms with Crippen LogP contribution in [0.3, 0.4) is 0 Å². The lowest BCUT2D eigenvalue weighted by molar-refractivity contribution is -0.138. The van der Waals surface area contributed by atoms with Gasteiger partial charge in [-0.1, -0.05) is 6.07 Å². The molecule has 0 aliphatic carbocycles. The Hall–Kier alpha value is -4.05. The van der Waals surface area contributed by atoms with Gasteiger partial charge in [-0.05, 0) is 48.4 Å². The summed E-state index contributed by atoms with van der Waals surface area (Å²) in [6, 6.07) is 7.07. The summed E-state index contributed by atoms with van der Waals surface area (Å²) in [5, 5.41) is 19.8. The topological polar surface area (TPSA) is 153 Å². The first-order valence-corrected chi connectivity index (χ1v) is 10.2.